The Bertz CT molecular complexity index is 535. The average Bonchev–Trinajstić information content (AvgIpc) is 2.28. The number of benzene rings is 2. The Kier molecular flexibility index (Phi) is 3.09. The van der Waals surface area contributed by atoms with Crippen molar-refractivity contribution in [1.29, 1.82) is 0 Å². The summed E-state index contributed by atoms with van der Waals surface area (Å²) >= 11 is 0. The second kappa shape index (κ2) is 4.53. The molecule has 3 nitrogen and oxygen atoms in total. The van der Waals surface area contributed by atoms with E-state index in [4.69, 9.17) is 15.2 Å². The standard InChI is InChI=1S/C14H17NO2/c1-9(2)17-14-7-10-5-4-6-12(15)11(10)8-13(14)16-3/h4-9H,15H2,1-3H3. The third-order valence-electron chi connectivity index (χ3n) is 2.56. The molecule has 0 aliphatic carbocycles. The monoisotopic (exact) mass is 231 g/mol. The molecule has 2 N–H and O–H groups in total. The molecule has 0 saturated heterocycles. The molecule has 0 amide bonds. The van der Waals surface area contributed by atoms with Crippen LogP contribution in [-0.4, -0.2) is 13.2 Å². The molecule has 0 saturated carbocycles. The lowest BCUT2D eigenvalue weighted by atomic mass is 10.1. The van der Waals surface area contributed by atoms with Gasteiger partial charge in [-0.05, 0) is 37.4 Å². The molecule has 2 aromatic rings. The van der Waals surface area contributed by atoms with Crippen molar-refractivity contribution in [3.8, 4) is 11.5 Å². The van der Waals surface area contributed by atoms with Crippen LogP contribution in [-0.2, 0) is 0 Å². The maximum Gasteiger partial charge on any atom is 0.162 e. The molecule has 0 radical (unpaired) electrons. The quantitative estimate of drug-likeness (QED) is 0.825. The van der Waals surface area contributed by atoms with Crippen molar-refractivity contribution in [2.75, 3.05) is 12.8 Å². The Hall–Kier alpha value is -1.90. The molecular formula is C14H17NO2. The number of nitrogen functional groups attached to an aromatic ring is 1. The van der Waals surface area contributed by atoms with Gasteiger partial charge in [0.15, 0.2) is 11.5 Å². The number of fused-ring (bicyclic) bond motifs is 1. The second-order valence-electron chi connectivity index (χ2n) is 4.24. The van der Waals surface area contributed by atoms with E-state index in [1.807, 2.05) is 44.2 Å². The van der Waals surface area contributed by atoms with E-state index >= 15 is 0 Å². The lowest BCUT2D eigenvalue weighted by Crippen LogP contribution is -2.06. The zero-order valence-electron chi connectivity index (χ0n) is 10.4. The van der Waals surface area contributed by atoms with E-state index in [1.165, 1.54) is 0 Å². The van der Waals surface area contributed by atoms with Gasteiger partial charge in [-0.1, -0.05) is 12.1 Å². The van der Waals surface area contributed by atoms with Crippen LogP contribution >= 0.6 is 0 Å². The van der Waals surface area contributed by atoms with Gasteiger partial charge in [0, 0.05) is 11.1 Å². The van der Waals surface area contributed by atoms with Crippen molar-refractivity contribution in [3.63, 3.8) is 0 Å². The van der Waals surface area contributed by atoms with Crippen LogP contribution in [0.5, 0.6) is 11.5 Å². The second-order valence-corrected chi connectivity index (χ2v) is 4.24. The number of anilines is 1. The summed E-state index contributed by atoms with van der Waals surface area (Å²) in [4.78, 5) is 0. The van der Waals surface area contributed by atoms with E-state index in [2.05, 4.69) is 0 Å². The average molecular weight is 231 g/mol. The smallest absolute Gasteiger partial charge is 0.162 e. The van der Waals surface area contributed by atoms with E-state index in [9.17, 15) is 0 Å². The van der Waals surface area contributed by atoms with Crippen LogP contribution < -0.4 is 15.2 Å². The van der Waals surface area contributed by atoms with E-state index < -0.39 is 0 Å². The van der Waals surface area contributed by atoms with Gasteiger partial charge in [0.2, 0.25) is 0 Å². The fraction of sp³-hybridized carbons (Fsp3) is 0.286. The molecule has 2 rings (SSSR count). The van der Waals surface area contributed by atoms with Gasteiger partial charge in [0.25, 0.3) is 0 Å². The van der Waals surface area contributed by atoms with Gasteiger partial charge in [-0.15, -0.1) is 0 Å². The van der Waals surface area contributed by atoms with E-state index in [-0.39, 0.29) is 6.10 Å². The van der Waals surface area contributed by atoms with Crippen molar-refractivity contribution in [1.82, 2.24) is 0 Å². The zero-order chi connectivity index (χ0) is 12.4. The van der Waals surface area contributed by atoms with E-state index in [0.717, 1.165) is 22.2 Å². The Morgan fingerprint density at radius 1 is 1.12 bits per heavy atom. The lowest BCUT2D eigenvalue weighted by Gasteiger charge is -2.15. The van der Waals surface area contributed by atoms with Crippen molar-refractivity contribution in [2.24, 2.45) is 0 Å². The molecule has 0 aliphatic rings. The number of rotatable bonds is 3. The van der Waals surface area contributed by atoms with Gasteiger partial charge < -0.3 is 15.2 Å². The SMILES string of the molecule is COc1cc2c(N)cccc2cc1OC(C)C. The molecule has 0 aromatic heterocycles. The molecular weight excluding hydrogens is 214 g/mol. The first-order valence-corrected chi connectivity index (χ1v) is 5.64. The molecule has 0 fully saturated rings. The van der Waals surface area contributed by atoms with Gasteiger partial charge in [0.05, 0.1) is 13.2 Å². The Morgan fingerprint density at radius 3 is 2.53 bits per heavy atom. The van der Waals surface area contributed by atoms with Gasteiger partial charge in [-0.3, -0.25) is 0 Å². The highest BCUT2D eigenvalue weighted by Gasteiger charge is 2.09. The minimum absolute atomic E-state index is 0.113. The molecule has 0 atom stereocenters. The minimum Gasteiger partial charge on any atom is -0.493 e. The highest BCUT2D eigenvalue weighted by molar-refractivity contribution is 5.95. The van der Waals surface area contributed by atoms with Crippen LogP contribution in [0.2, 0.25) is 0 Å². The zero-order valence-corrected chi connectivity index (χ0v) is 10.4. The van der Waals surface area contributed by atoms with Crippen molar-refractivity contribution >= 4 is 16.5 Å². The molecule has 90 valence electrons. The Balaban J connectivity index is 2.60. The fourth-order valence-corrected chi connectivity index (χ4v) is 1.81. The van der Waals surface area contributed by atoms with Crippen LogP contribution in [0.15, 0.2) is 30.3 Å². The highest BCUT2D eigenvalue weighted by Crippen LogP contribution is 2.35. The van der Waals surface area contributed by atoms with Gasteiger partial charge in [-0.2, -0.15) is 0 Å². The third kappa shape index (κ3) is 2.28. The molecule has 17 heavy (non-hydrogen) atoms. The van der Waals surface area contributed by atoms with E-state index in [1.54, 1.807) is 7.11 Å². The molecule has 0 unspecified atom stereocenters. The molecule has 3 heteroatoms. The summed E-state index contributed by atoms with van der Waals surface area (Å²) in [6.45, 7) is 3.98. The summed E-state index contributed by atoms with van der Waals surface area (Å²) in [5.41, 5.74) is 6.68. The first-order chi connectivity index (χ1) is 8.11. The molecule has 0 bridgehead atoms. The van der Waals surface area contributed by atoms with Gasteiger partial charge in [-0.25, -0.2) is 0 Å². The number of nitrogens with two attached hydrogens (primary N) is 1. The third-order valence-corrected chi connectivity index (χ3v) is 2.56. The molecule has 2 aromatic carbocycles. The maximum absolute atomic E-state index is 5.93. The first-order valence-electron chi connectivity index (χ1n) is 5.64. The molecule has 0 heterocycles. The number of methoxy groups -OCH3 is 1. The summed E-state index contributed by atoms with van der Waals surface area (Å²) in [6, 6.07) is 9.71. The summed E-state index contributed by atoms with van der Waals surface area (Å²) in [5.74, 6) is 1.46. The summed E-state index contributed by atoms with van der Waals surface area (Å²) in [5, 5.41) is 2.04. The van der Waals surface area contributed by atoms with Crippen LogP contribution in [0.4, 0.5) is 5.69 Å². The number of hydrogen-bond acceptors (Lipinski definition) is 3. The topological polar surface area (TPSA) is 44.5 Å². The van der Waals surface area contributed by atoms with Crippen molar-refractivity contribution < 1.29 is 9.47 Å². The summed E-state index contributed by atoms with van der Waals surface area (Å²) < 4.78 is 11.0. The Morgan fingerprint density at radius 2 is 1.88 bits per heavy atom. The predicted octanol–water partition coefficient (Wildman–Crippen LogP) is 3.22. The number of ether oxygens (including phenoxy) is 2. The minimum atomic E-state index is 0.113. The predicted molar refractivity (Wildman–Crippen MR) is 70.7 cm³/mol. The van der Waals surface area contributed by atoms with Crippen LogP contribution in [0, 0.1) is 0 Å². The fourth-order valence-electron chi connectivity index (χ4n) is 1.81. The summed E-state index contributed by atoms with van der Waals surface area (Å²) in [6.07, 6.45) is 0.113. The van der Waals surface area contributed by atoms with Crippen LogP contribution in [0.25, 0.3) is 10.8 Å². The first kappa shape index (κ1) is 11.6. The highest BCUT2D eigenvalue weighted by atomic mass is 16.5. The number of hydrogen-bond donors (Lipinski definition) is 1. The van der Waals surface area contributed by atoms with Crippen molar-refractivity contribution in [3.05, 3.63) is 30.3 Å². The van der Waals surface area contributed by atoms with Crippen LogP contribution in [0.1, 0.15) is 13.8 Å². The van der Waals surface area contributed by atoms with Gasteiger partial charge in [0.1, 0.15) is 0 Å². The normalized spacial score (nSPS) is 10.8. The Labute approximate surface area is 101 Å². The maximum atomic E-state index is 5.93. The molecule has 0 aliphatic heterocycles. The van der Waals surface area contributed by atoms with Gasteiger partial charge >= 0.3 is 0 Å². The largest absolute Gasteiger partial charge is 0.493 e. The van der Waals surface area contributed by atoms with Crippen molar-refractivity contribution in [2.45, 2.75) is 20.0 Å². The lowest BCUT2D eigenvalue weighted by molar-refractivity contribution is 0.230. The van der Waals surface area contributed by atoms with Crippen LogP contribution in [0.3, 0.4) is 0 Å². The molecule has 0 spiro atoms. The van der Waals surface area contributed by atoms with E-state index in [0.29, 0.717) is 5.75 Å². The summed E-state index contributed by atoms with van der Waals surface area (Å²) in [7, 11) is 1.63.